The van der Waals surface area contributed by atoms with Gasteiger partial charge in [0, 0.05) is 12.0 Å². The maximum atomic E-state index is 9.69. The van der Waals surface area contributed by atoms with Crippen LogP contribution < -0.4 is 0 Å². The summed E-state index contributed by atoms with van der Waals surface area (Å²) in [5.74, 6) is 1.30. The van der Waals surface area contributed by atoms with Crippen LogP contribution in [0.3, 0.4) is 0 Å². The summed E-state index contributed by atoms with van der Waals surface area (Å²) in [6.45, 7) is 10.8. The van der Waals surface area contributed by atoms with E-state index in [1.54, 1.807) is 13.8 Å². The maximum absolute atomic E-state index is 9.69. The van der Waals surface area contributed by atoms with Gasteiger partial charge in [-0.1, -0.05) is 25.9 Å². The first-order valence-electron chi connectivity index (χ1n) is 5.82. The fourth-order valence-electron chi connectivity index (χ4n) is 1.57. The van der Waals surface area contributed by atoms with E-state index < -0.39 is 5.60 Å². The molecular weight excluding hydrogens is 218 g/mol. The van der Waals surface area contributed by atoms with Crippen LogP contribution in [0.15, 0.2) is 4.52 Å². The van der Waals surface area contributed by atoms with Gasteiger partial charge in [-0.2, -0.15) is 4.98 Å². The topological polar surface area (TPSA) is 62.4 Å². The van der Waals surface area contributed by atoms with E-state index in [9.17, 15) is 5.11 Å². The first-order chi connectivity index (χ1) is 7.58. The number of hydrogen-bond donors (Lipinski definition) is 1. The van der Waals surface area contributed by atoms with Gasteiger partial charge in [0.25, 0.3) is 0 Å². The van der Waals surface area contributed by atoms with E-state index in [0.29, 0.717) is 24.8 Å². The molecule has 1 aromatic rings. The molecule has 0 amide bonds. The Morgan fingerprint density at radius 1 is 1.24 bits per heavy atom. The van der Waals surface area contributed by atoms with Gasteiger partial charge in [-0.05, 0) is 20.9 Å². The summed E-state index contributed by atoms with van der Waals surface area (Å²) >= 11 is 0. The molecule has 0 aliphatic heterocycles. The zero-order chi connectivity index (χ0) is 13.3. The first kappa shape index (κ1) is 14.1. The van der Waals surface area contributed by atoms with Gasteiger partial charge in [0.2, 0.25) is 5.89 Å². The third-order valence-electron chi connectivity index (χ3n) is 2.20. The van der Waals surface area contributed by atoms with E-state index in [2.05, 4.69) is 10.1 Å². The van der Waals surface area contributed by atoms with Crippen molar-refractivity contribution in [1.82, 2.24) is 15.0 Å². The first-order valence-corrected chi connectivity index (χ1v) is 5.82. The highest BCUT2D eigenvalue weighted by molar-refractivity contribution is 4.99. The Kier molecular flexibility index (Phi) is 3.94. The van der Waals surface area contributed by atoms with Crippen molar-refractivity contribution in [2.24, 2.45) is 0 Å². The Labute approximate surface area is 103 Å². The van der Waals surface area contributed by atoms with Gasteiger partial charge < -0.3 is 9.63 Å². The monoisotopic (exact) mass is 241 g/mol. The molecule has 98 valence electrons. The summed E-state index contributed by atoms with van der Waals surface area (Å²) in [4.78, 5) is 6.31. The molecule has 1 heterocycles. The Morgan fingerprint density at radius 2 is 1.82 bits per heavy atom. The molecule has 0 unspecified atom stereocenters. The van der Waals surface area contributed by atoms with Crippen LogP contribution in [0.25, 0.3) is 0 Å². The van der Waals surface area contributed by atoms with Crippen LogP contribution in [0.5, 0.6) is 0 Å². The zero-order valence-electron chi connectivity index (χ0n) is 11.6. The van der Waals surface area contributed by atoms with Crippen molar-refractivity contribution in [3.05, 3.63) is 11.7 Å². The lowest BCUT2D eigenvalue weighted by atomic mass is 9.96. The molecular formula is C12H23N3O2. The highest BCUT2D eigenvalue weighted by atomic mass is 16.5. The minimum Gasteiger partial charge on any atom is -0.389 e. The van der Waals surface area contributed by atoms with Crippen LogP contribution in [0.2, 0.25) is 0 Å². The van der Waals surface area contributed by atoms with Crippen molar-refractivity contribution >= 4 is 0 Å². The van der Waals surface area contributed by atoms with Crippen molar-refractivity contribution in [1.29, 1.82) is 0 Å². The second kappa shape index (κ2) is 4.74. The molecule has 0 saturated heterocycles. The highest BCUT2D eigenvalue weighted by Crippen LogP contribution is 2.18. The number of nitrogens with zero attached hydrogens (tertiary/aromatic N) is 3. The van der Waals surface area contributed by atoms with Gasteiger partial charge in [-0.3, -0.25) is 4.90 Å². The second-order valence-electron chi connectivity index (χ2n) is 6.25. The largest absolute Gasteiger partial charge is 0.389 e. The quantitative estimate of drug-likeness (QED) is 0.867. The number of hydrogen-bond acceptors (Lipinski definition) is 5. The standard InChI is InChI=1S/C12H23N3O2/c1-11(2,3)10-13-9(17-14-10)7-15(6)8-12(4,5)16/h16H,7-8H2,1-6H3. The summed E-state index contributed by atoms with van der Waals surface area (Å²) < 4.78 is 5.19. The van der Waals surface area contributed by atoms with Gasteiger partial charge in [0.05, 0.1) is 12.1 Å². The molecule has 5 nitrogen and oxygen atoms in total. The SMILES string of the molecule is CN(Cc1nc(C(C)(C)C)no1)CC(C)(C)O. The summed E-state index contributed by atoms with van der Waals surface area (Å²) in [5, 5.41) is 13.7. The summed E-state index contributed by atoms with van der Waals surface area (Å²) in [6, 6.07) is 0. The Morgan fingerprint density at radius 3 is 2.24 bits per heavy atom. The van der Waals surface area contributed by atoms with Crippen molar-refractivity contribution in [2.75, 3.05) is 13.6 Å². The molecule has 1 aromatic heterocycles. The predicted molar refractivity (Wildman–Crippen MR) is 65.6 cm³/mol. The van der Waals surface area contributed by atoms with Gasteiger partial charge in [0.1, 0.15) is 0 Å². The minimum atomic E-state index is -0.721. The van der Waals surface area contributed by atoms with Crippen molar-refractivity contribution in [3.63, 3.8) is 0 Å². The minimum absolute atomic E-state index is 0.101. The smallest absolute Gasteiger partial charge is 0.240 e. The normalized spacial score (nSPS) is 13.4. The van der Waals surface area contributed by atoms with E-state index in [4.69, 9.17) is 4.52 Å². The lowest BCUT2D eigenvalue weighted by Gasteiger charge is -2.23. The lowest BCUT2D eigenvalue weighted by Crippen LogP contribution is -2.35. The van der Waals surface area contributed by atoms with Crippen LogP contribution in [-0.2, 0) is 12.0 Å². The molecule has 1 N–H and O–H groups in total. The van der Waals surface area contributed by atoms with Gasteiger partial charge in [0.15, 0.2) is 5.82 Å². The number of rotatable bonds is 4. The average molecular weight is 241 g/mol. The summed E-state index contributed by atoms with van der Waals surface area (Å²) in [7, 11) is 1.92. The third-order valence-corrected chi connectivity index (χ3v) is 2.20. The number of aromatic nitrogens is 2. The average Bonchev–Trinajstić information content (AvgIpc) is 2.47. The third kappa shape index (κ3) is 4.83. The molecule has 0 fully saturated rings. The van der Waals surface area contributed by atoms with E-state index in [1.165, 1.54) is 0 Å². The van der Waals surface area contributed by atoms with Crippen LogP contribution in [0, 0.1) is 0 Å². The fraction of sp³-hybridized carbons (Fsp3) is 0.833. The zero-order valence-corrected chi connectivity index (χ0v) is 11.6. The Balaban J connectivity index is 2.61. The molecule has 0 spiro atoms. The molecule has 0 bridgehead atoms. The summed E-state index contributed by atoms with van der Waals surface area (Å²) in [5.41, 5.74) is -0.821. The molecule has 0 aliphatic carbocycles. The maximum Gasteiger partial charge on any atom is 0.240 e. The Hall–Kier alpha value is -0.940. The van der Waals surface area contributed by atoms with E-state index >= 15 is 0 Å². The highest BCUT2D eigenvalue weighted by Gasteiger charge is 2.22. The predicted octanol–water partition coefficient (Wildman–Crippen LogP) is 1.57. The van der Waals surface area contributed by atoms with Crippen molar-refractivity contribution in [2.45, 2.75) is 52.2 Å². The molecule has 0 atom stereocenters. The number of likely N-dealkylation sites (N-methyl/N-ethyl adjacent to an activating group) is 1. The second-order valence-corrected chi connectivity index (χ2v) is 6.25. The molecule has 17 heavy (non-hydrogen) atoms. The van der Waals surface area contributed by atoms with Crippen LogP contribution >= 0.6 is 0 Å². The lowest BCUT2D eigenvalue weighted by molar-refractivity contribution is 0.0397. The molecule has 0 aromatic carbocycles. The van der Waals surface area contributed by atoms with Crippen molar-refractivity contribution < 1.29 is 9.63 Å². The van der Waals surface area contributed by atoms with Crippen LogP contribution in [0.4, 0.5) is 0 Å². The molecule has 5 heteroatoms. The van der Waals surface area contributed by atoms with E-state index in [1.807, 2.05) is 32.7 Å². The molecule has 0 aliphatic rings. The Bertz CT molecular complexity index is 361. The van der Waals surface area contributed by atoms with E-state index in [-0.39, 0.29) is 5.41 Å². The van der Waals surface area contributed by atoms with Gasteiger partial charge >= 0.3 is 0 Å². The van der Waals surface area contributed by atoms with E-state index in [0.717, 1.165) is 0 Å². The van der Waals surface area contributed by atoms with Gasteiger partial charge in [-0.25, -0.2) is 0 Å². The fourth-order valence-corrected chi connectivity index (χ4v) is 1.57. The summed E-state index contributed by atoms with van der Waals surface area (Å²) in [6.07, 6.45) is 0. The molecule has 0 radical (unpaired) electrons. The van der Waals surface area contributed by atoms with Gasteiger partial charge in [-0.15, -0.1) is 0 Å². The molecule has 1 rings (SSSR count). The van der Waals surface area contributed by atoms with Crippen molar-refractivity contribution in [3.8, 4) is 0 Å². The van der Waals surface area contributed by atoms with Crippen LogP contribution in [-0.4, -0.2) is 39.3 Å². The number of aliphatic hydroxyl groups is 1. The molecule has 0 saturated carbocycles. The van der Waals surface area contributed by atoms with Crippen LogP contribution in [0.1, 0.15) is 46.3 Å².